The van der Waals surface area contributed by atoms with Gasteiger partial charge >= 0.3 is 0 Å². The Balaban J connectivity index is 1.86. The van der Waals surface area contributed by atoms with Crippen LogP contribution in [0.25, 0.3) is 22.8 Å². The van der Waals surface area contributed by atoms with Gasteiger partial charge in [-0.05, 0) is 12.1 Å². The third kappa shape index (κ3) is 2.99. The second-order valence-electron chi connectivity index (χ2n) is 4.59. The van der Waals surface area contributed by atoms with Crippen molar-refractivity contribution in [1.29, 1.82) is 0 Å². The topological polar surface area (TPSA) is 92.3 Å². The van der Waals surface area contributed by atoms with Crippen LogP contribution < -0.4 is 0 Å². The summed E-state index contributed by atoms with van der Waals surface area (Å²) in [4.78, 5) is 8.48. The van der Waals surface area contributed by atoms with Gasteiger partial charge in [0.2, 0.25) is 5.82 Å². The highest BCUT2D eigenvalue weighted by Gasteiger charge is 2.11. The van der Waals surface area contributed by atoms with Crippen molar-refractivity contribution in [2.75, 3.05) is 0 Å². The van der Waals surface area contributed by atoms with Gasteiger partial charge in [0.15, 0.2) is 6.29 Å². The molecule has 2 N–H and O–H groups in total. The van der Waals surface area contributed by atoms with Crippen LogP contribution in [0.3, 0.4) is 0 Å². The lowest BCUT2D eigenvalue weighted by molar-refractivity contribution is -0.0424. The van der Waals surface area contributed by atoms with E-state index in [1.54, 1.807) is 36.5 Å². The fourth-order valence-corrected chi connectivity index (χ4v) is 2.05. The summed E-state index contributed by atoms with van der Waals surface area (Å²) in [6, 6.07) is 10.2. The minimum atomic E-state index is -1.50. The highest BCUT2D eigenvalue weighted by Crippen LogP contribution is 2.23. The van der Waals surface area contributed by atoms with E-state index in [4.69, 9.17) is 26.3 Å². The number of halogens is 1. The number of benzene rings is 1. The third-order valence-electron chi connectivity index (χ3n) is 3.10. The molecule has 0 saturated heterocycles. The fourth-order valence-electron chi connectivity index (χ4n) is 1.89. The molecule has 3 aromatic rings. The Morgan fingerprint density at radius 3 is 2.36 bits per heavy atom. The van der Waals surface area contributed by atoms with E-state index in [2.05, 4.69) is 15.1 Å². The van der Waals surface area contributed by atoms with Crippen LogP contribution in [-0.4, -0.2) is 25.3 Å². The molecule has 0 aliphatic heterocycles. The Kier molecular flexibility index (Phi) is 4.15. The molecule has 0 radical (unpaired) electrons. The van der Waals surface area contributed by atoms with Crippen molar-refractivity contribution in [2.45, 2.75) is 12.2 Å². The van der Waals surface area contributed by atoms with Crippen LogP contribution in [0.4, 0.5) is 0 Å². The average molecular weight is 318 g/mol. The zero-order valence-electron chi connectivity index (χ0n) is 11.3. The number of hydrogen-bond donors (Lipinski definition) is 2. The van der Waals surface area contributed by atoms with Crippen LogP contribution in [0, 0.1) is 0 Å². The Morgan fingerprint density at radius 1 is 1.05 bits per heavy atom. The van der Waals surface area contributed by atoms with Gasteiger partial charge in [0.25, 0.3) is 5.89 Å². The summed E-state index contributed by atoms with van der Waals surface area (Å²) in [5.41, 5.74) is 2.58. The second-order valence-corrected chi connectivity index (χ2v) is 4.86. The van der Waals surface area contributed by atoms with Gasteiger partial charge in [0.1, 0.15) is 0 Å². The Labute approximate surface area is 131 Å². The van der Waals surface area contributed by atoms with E-state index in [9.17, 15) is 0 Å². The molecule has 0 saturated carbocycles. The predicted octanol–water partition coefficient (Wildman–Crippen LogP) is 2.52. The van der Waals surface area contributed by atoms with Crippen LogP contribution in [0.15, 0.2) is 47.1 Å². The quantitative estimate of drug-likeness (QED) is 0.567. The van der Waals surface area contributed by atoms with E-state index >= 15 is 0 Å². The van der Waals surface area contributed by atoms with Crippen molar-refractivity contribution >= 4 is 11.6 Å². The average Bonchev–Trinajstić information content (AvgIpc) is 3.05. The molecule has 0 unspecified atom stereocenters. The van der Waals surface area contributed by atoms with Crippen LogP contribution in [0.2, 0.25) is 0 Å². The van der Waals surface area contributed by atoms with Gasteiger partial charge in [-0.1, -0.05) is 29.4 Å². The number of nitrogens with zero attached hydrogens (tertiary/aromatic N) is 3. The Bertz CT molecular complexity index is 754. The lowest BCUT2D eigenvalue weighted by Crippen LogP contribution is -1.94. The molecular formula is C15H12ClN3O3. The van der Waals surface area contributed by atoms with E-state index in [0.717, 1.165) is 5.69 Å². The highest BCUT2D eigenvalue weighted by atomic mass is 35.5. The molecule has 0 atom stereocenters. The first kappa shape index (κ1) is 14.6. The molecule has 112 valence electrons. The summed E-state index contributed by atoms with van der Waals surface area (Å²) >= 11 is 5.69. The summed E-state index contributed by atoms with van der Waals surface area (Å²) in [6.07, 6.45) is 0.127. The van der Waals surface area contributed by atoms with E-state index in [-0.39, 0.29) is 0 Å². The van der Waals surface area contributed by atoms with Crippen molar-refractivity contribution in [3.8, 4) is 22.8 Å². The molecule has 22 heavy (non-hydrogen) atoms. The van der Waals surface area contributed by atoms with Crippen molar-refractivity contribution in [3.63, 3.8) is 0 Å². The van der Waals surface area contributed by atoms with Gasteiger partial charge in [-0.15, -0.1) is 11.6 Å². The Morgan fingerprint density at radius 2 is 1.77 bits per heavy atom. The summed E-state index contributed by atoms with van der Waals surface area (Å²) < 4.78 is 5.22. The number of aromatic nitrogens is 3. The number of hydrogen-bond acceptors (Lipinski definition) is 6. The van der Waals surface area contributed by atoms with Gasteiger partial charge in [0.05, 0.1) is 17.1 Å². The lowest BCUT2D eigenvalue weighted by atomic mass is 10.1. The third-order valence-corrected chi connectivity index (χ3v) is 3.38. The molecule has 6 nitrogen and oxygen atoms in total. The van der Waals surface area contributed by atoms with Crippen molar-refractivity contribution in [2.24, 2.45) is 0 Å². The SMILES string of the molecule is OC(O)c1ccc(-c2noc(-c3ccc(CCl)nc3)n2)cc1. The number of aliphatic hydroxyl groups is 2. The number of pyridine rings is 1. The summed E-state index contributed by atoms with van der Waals surface area (Å²) in [5, 5.41) is 22.1. The molecular weight excluding hydrogens is 306 g/mol. The standard InChI is InChI=1S/C15H12ClN3O3/c16-7-12-6-5-11(8-17-12)14-18-13(19-22-14)9-1-3-10(4-2-9)15(20)21/h1-6,8,15,20-21H,7H2. The number of rotatable bonds is 4. The zero-order valence-corrected chi connectivity index (χ0v) is 12.1. The van der Waals surface area contributed by atoms with Gasteiger partial charge in [-0.2, -0.15) is 4.98 Å². The van der Waals surface area contributed by atoms with Gasteiger partial charge in [0, 0.05) is 17.3 Å². The smallest absolute Gasteiger partial charge is 0.259 e. The van der Waals surface area contributed by atoms with E-state index in [1.807, 2.05) is 6.07 Å². The molecule has 1 aromatic carbocycles. The molecule has 0 fully saturated rings. The van der Waals surface area contributed by atoms with E-state index in [1.165, 1.54) is 0 Å². The molecule has 0 spiro atoms. The van der Waals surface area contributed by atoms with E-state index < -0.39 is 6.29 Å². The molecule has 0 amide bonds. The van der Waals surface area contributed by atoms with Gasteiger partial charge in [-0.25, -0.2) is 0 Å². The maximum atomic E-state index is 9.07. The maximum absolute atomic E-state index is 9.07. The minimum Gasteiger partial charge on any atom is -0.364 e. The monoisotopic (exact) mass is 317 g/mol. The zero-order chi connectivity index (χ0) is 15.5. The fraction of sp³-hybridized carbons (Fsp3) is 0.133. The van der Waals surface area contributed by atoms with E-state index in [0.29, 0.717) is 34.3 Å². The molecule has 0 aliphatic rings. The number of alkyl halides is 1. The largest absolute Gasteiger partial charge is 0.364 e. The van der Waals surface area contributed by atoms with Gasteiger partial charge in [-0.3, -0.25) is 4.98 Å². The summed E-state index contributed by atoms with van der Waals surface area (Å²) in [7, 11) is 0. The molecule has 0 aliphatic carbocycles. The predicted molar refractivity (Wildman–Crippen MR) is 79.7 cm³/mol. The normalized spacial score (nSPS) is 11.1. The number of aliphatic hydroxyl groups excluding tert-OH is 1. The molecule has 2 aromatic heterocycles. The first-order chi connectivity index (χ1) is 10.7. The van der Waals surface area contributed by atoms with Crippen molar-refractivity contribution in [1.82, 2.24) is 15.1 Å². The molecule has 7 heteroatoms. The first-order valence-electron chi connectivity index (χ1n) is 6.49. The summed E-state index contributed by atoms with van der Waals surface area (Å²) in [6.45, 7) is 0. The Hall–Kier alpha value is -2.28. The lowest BCUT2D eigenvalue weighted by Gasteiger charge is -2.03. The van der Waals surface area contributed by atoms with Crippen molar-refractivity contribution < 1.29 is 14.7 Å². The van der Waals surface area contributed by atoms with Crippen LogP contribution >= 0.6 is 11.6 Å². The van der Waals surface area contributed by atoms with Crippen molar-refractivity contribution in [3.05, 3.63) is 53.9 Å². The maximum Gasteiger partial charge on any atom is 0.259 e. The highest BCUT2D eigenvalue weighted by molar-refractivity contribution is 6.16. The minimum absolute atomic E-state index is 0.346. The summed E-state index contributed by atoms with van der Waals surface area (Å²) in [5.74, 6) is 1.11. The van der Waals surface area contributed by atoms with Crippen LogP contribution in [0.5, 0.6) is 0 Å². The second kappa shape index (κ2) is 6.23. The van der Waals surface area contributed by atoms with Gasteiger partial charge < -0.3 is 14.7 Å². The van der Waals surface area contributed by atoms with Crippen LogP contribution in [0.1, 0.15) is 17.5 Å². The molecule has 3 rings (SSSR count). The first-order valence-corrected chi connectivity index (χ1v) is 7.02. The molecule has 0 bridgehead atoms. The van der Waals surface area contributed by atoms with Crippen LogP contribution in [-0.2, 0) is 5.88 Å². The molecule has 2 heterocycles.